The van der Waals surface area contributed by atoms with Crippen LogP contribution in [0, 0.1) is 0 Å². The van der Waals surface area contributed by atoms with Crippen LogP contribution in [-0.4, -0.2) is 34.3 Å². The van der Waals surface area contributed by atoms with Gasteiger partial charge in [-0.25, -0.2) is 4.98 Å². The molecule has 0 aliphatic carbocycles. The maximum atomic E-state index is 12.1. The van der Waals surface area contributed by atoms with Gasteiger partial charge in [-0.3, -0.25) is 14.6 Å². The van der Waals surface area contributed by atoms with E-state index in [9.17, 15) is 14.7 Å². The van der Waals surface area contributed by atoms with E-state index < -0.39 is 5.91 Å². The maximum absolute atomic E-state index is 12.1. The molecule has 3 N–H and O–H groups in total. The number of nitrogens with zero attached hydrogens (tertiary/aromatic N) is 2. The smallest absolute Gasteiger partial charge is 0.291 e. The van der Waals surface area contributed by atoms with E-state index in [0.717, 1.165) is 5.56 Å². The predicted octanol–water partition coefficient (Wildman–Crippen LogP) is 2.90. The molecule has 2 aromatic carbocycles. The third kappa shape index (κ3) is 3.39. The van der Waals surface area contributed by atoms with E-state index in [0.29, 0.717) is 33.2 Å². The van der Waals surface area contributed by atoms with Gasteiger partial charge >= 0.3 is 0 Å². The number of rotatable bonds is 4. The van der Waals surface area contributed by atoms with Crippen LogP contribution in [0.1, 0.15) is 11.1 Å². The molecule has 0 radical (unpaired) electrons. The third-order valence-electron chi connectivity index (χ3n) is 4.17. The molecule has 3 aromatic rings. The molecular weight excluding hydrogens is 407 g/mol. The molecule has 2 heterocycles. The first-order chi connectivity index (χ1) is 13.4. The van der Waals surface area contributed by atoms with Crippen LogP contribution >= 0.6 is 23.2 Å². The van der Waals surface area contributed by atoms with E-state index in [4.69, 9.17) is 27.6 Å². The molecule has 1 aliphatic heterocycles. The Hall–Kier alpha value is -3.10. The molecule has 0 saturated heterocycles. The van der Waals surface area contributed by atoms with Crippen molar-refractivity contribution in [3.63, 3.8) is 0 Å². The van der Waals surface area contributed by atoms with E-state index in [1.165, 1.54) is 12.5 Å². The number of hydrogen-bond acceptors (Lipinski definition) is 6. The van der Waals surface area contributed by atoms with Gasteiger partial charge in [-0.1, -0.05) is 29.3 Å². The van der Waals surface area contributed by atoms with Gasteiger partial charge in [0.25, 0.3) is 5.91 Å². The minimum Gasteiger partial charge on any atom is -0.504 e. The van der Waals surface area contributed by atoms with Gasteiger partial charge in [0.05, 0.1) is 0 Å². The summed E-state index contributed by atoms with van der Waals surface area (Å²) in [6, 6.07) is 6.33. The zero-order valence-corrected chi connectivity index (χ0v) is 15.6. The fourth-order valence-corrected chi connectivity index (χ4v) is 3.47. The molecule has 1 aliphatic rings. The van der Waals surface area contributed by atoms with E-state index in [-0.39, 0.29) is 29.6 Å². The highest BCUT2D eigenvalue weighted by molar-refractivity contribution is 6.46. The summed E-state index contributed by atoms with van der Waals surface area (Å²) in [4.78, 5) is 31.2. The van der Waals surface area contributed by atoms with Crippen molar-refractivity contribution in [1.82, 2.24) is 10.3 Å². The number of aromatic nitrogens is 1. The zero-order chi connectivity index (χ0) is 19.8. The van der Waals surface area contributed by atoms with Crippen molar-refractivity contribution in [3.05, 3.63) is 51.8 Å². The molecule has 4 rings (SSSR count). The van der Waals surface area contributed by atoms with Crippen molar-refractivity contribution in [1.29, 1.82) is 0 Å². The van der Waals surface area contributed by atoms with Crippen LogP contribution in [0.2, 0.25) is 10.0 Å². The van der Waals surface area contributed by atoms with Crippen molar-refractivity contribution < 1.29 is 19.1 Å². The highest BCUT2D eigenvalue weighted by Gasteiger charge is 2.21. The minimum absolute atomic E-state index is 0.00609. The zero-order valence-electron chi connectivity index (χ0n) is 14.1. The Kier molecular flexibility index (Phi) is 4.66. The van der Waals surface area contributed by atoms with Crippen molar-refractivity contribution in [2.75, 3.05) is 11.9 Å². The van der Waals surface area contributed by atoms with E-state index >= 15 is 0 Å². The molecule has 0 fully saturated rings. The summed E-state index contributed by atoms with van der Waals surface area (Å²) in [5.41, 5.74) is 2.56. The minimum atomic E-state index is -0.562. The van der Waals surface area contributed by atoms with E-state index in [1.807, 2.05) is 0 Å². The van der Waals surface area contributed by atoms with Crippen LogP contribution < -0.4 is 10.6 Å². The number of phenols is 1. The van der Waals surface area contributed by atoms with Crippen LogP contribution in [0.5, 0.6) is 5.75 Å². The Morgan fingerprint density at radius 1 is 1.29 bits per heavy atom. The van der Waals surface area contributed by atoms with Gasteiger partial charge in [-0.05, 0) is 29.3 Å². The second-order valence-corrected chi connectivity index (χ2v) is 6.85. The molecule has 142 valence electrons. The molecule has 2 amide bonds. The molecule has 1 aromatic heterocycles. The van der Waals surface area contributed by atoms with Crippen molar-refractivity contribution in [2.45, 2.75) is 6.42 Å². The SMILES string of the molecule is O=C1CN=C(C(=O)Nc2cc(Cl)c(Cc3ccc(O)c4ocnc34)c(Cl)c2)N1. The first-order valence-corrected chi connectivity index (χ1v) is 8.85. The van der Waals surface area contributed by atoms with E-state index in [2.05, 4.69) is 20.6 Å². The summed E-state index contributed by atoms with van der Waals surface area (Å²) in [7, 11) is 0. The largest absolute Gasteiger partial charge is 0.504 e. The number of amidine groups is 1. The Labute approximate surface area is 168 Å². The number of benzene rings is 2. The summed E-state index contributed by atoms with van der Waals surface area (Å²) in [5.74, 6) is -0.967. The standard InChI is InChI=1S/C18H12Cl2N4O4/c19-11-4-9(23-18(27)17-21-6-14(26)24-17)5-12(20)10(11)3-8-1-2-13(25)16-15(8)22-7-28-16/h1-2,4-5,7,25H,3,6H2,(H,23,27)(H,21,24,26). The number of aliphatic imine (C=N–C) groups is 1. The van der Waals surface area contributed by atoms with Gasteiger partial charge in [0.1, 0.15) is 12.1 Å². The second kappa shape index (κ2) is 7.14. The van der Waals surface area contributed by atoms with Gasteiger partial charge in [0.2, 0.25) is 5.91 Å². The molecule has 28 heavy (non-hydrogen) atoms. The van der Waals surface area contributed by atoms with Crippen molar-refractivity contribution in [2.24, 2.45) is 4.99 Å². The first kappa shape index (κ1) is 18.3. The number of phenolic OH excluding ortho intramolecular Hbond substituents is 1. The molecule has 0 bridgehead atoms. The average Bonchev–Trinajstić information content (AvgIpc) is 3.29. The van der Waals surface area contributed by atoms with Gasteiger partial charge in [-0.2, -0.15) is 0 Å². The van der Waals surface area contributed by atoms with Gasteiger partial charge in [-0.15, -0.1) is 0 Å². The third-order valence-corrected chi connectivity index (χ3v) is 4.84. The number of amides is 2. The Morgan fingerprint density at radius 3 is 2.71 bits per heavy atom. The molecular formula is C18H12Cl2N4O4. The summed E-state index contributed by atoms with van der Waals surface area (Å²) in [6.07, 6.45) is 1.60. The van der Waals surface area contributed by atoms with Crippen LogP contribution in [-0.2, 0) is 16.0 Å². The lowest BCUT2D eigenvalue weighted by Crippen LogP contribution is -2.34. The van der Waals surface area contributed by atoms with Crippen molar-refractivity contribution in [3.8, 4) is 5.75 Å². The number of halogens is 2. The number of oxazole rings is 1. The molecule has 0 spiro atoms. The summed E-state index contributed by atoms with van der Waals surface area (Å²) < 4.78 is 5.19. The van der Waals surface area contributed by atoms with Crippen LogP contribution in [0.3, 0.4) is 0 Å². The summed E-state index contributed by atoms with van der Waals surface area (Å²) in [6.45, 7) is -0.0770. The lowest BCUT2D eigenvalue weighted by atomic mass is 10.0. The number of nitrogens with one attached hydrogen (secondary N) is 2. The fourth-order valence-electron chi connectivity index (χ4n) is 2.85. The lowest BCUT2D eigenvalue weighted by molar-refractivity contribution is -0.118. The van der Waals surface area contributed by atoms with Crippen LogP contribution in [0.4, 0.5) is 5.69 Å². The summed E-state index contributed by atoms with van der Waals surface area (Å²) >= 11 is 12.8. The van der Waals surface area contributed by atoms with Crippen molar-refractivity contribution >= 4 is 57.6 Å². The number of anilines is 1. The highest BCUT2D eigenvalue weighted by atomic mass is 35.5. The van der Waals surface area contributed by atoms with Gasteiger partial charge < -0.3 is 20.2 Å². The Bertz CT molecular complexity index is 1130. The second-order valence-electron chi connectivity index (χ2n) is 6.04. The fraction of sp³-hybridized carbons (Fsp3) is 0.111. The van der Waals surface area contributed by atoms with Gasteiger partial charge in [0.15, 0.2) is 23.6 Å². The number of fused-ring (bicyclic) bond motifs is 1. The van der Waals surface area contributed by atoms with Crippen LogP contribution in [0.25, 0.3) is 11.1 Å². The molecule has 0 unspecified atom stereocenters. The highest BCUT2D eigenvalue weighted by Crippen LogP contribution is 2.34. The predicted molar refractivity (Wildman–Crippen MR) is 104 cm³/mol. The number of aromatic hydroxyl groups is 1. The molecule has 8 nitrogen and oxygen atoms in total. The number of carbonyl (C=O) groups is 2. The number of hydrogen-bond donors (Lipinski definition) is 3. The molecule has 0 saturated carbocycles. The number of carbonyl (C=O) groups excluding carboxylic acids is 2. The summed E-state index contributed by atoms with van der Waals surface area (Å²) in [5, 5.41) is 15.5. The topological polar surface area (TPSA) is 117 Å². The van der Waals surface area contributed by atoms with Crippen LogP contribution in [0.15, 0.2) is 40.1 Å². The quantitative estimate of drug-likeness (QED) is 0.601. The Balaban J connectivity index is 1.59. The van der Waals surface area contributed by atoms with Gasteiger partial charge in [0, 0.05) is 22.2 Å². The normalized spacial score (nSPS) is 13.5. The first-order valence-electron chi connectivity index (χ1n) is 8.10. The van der Waals surface area contributed by atoms with E-state index in [1.54, 1.807) is 18.2 Å². The lowest BCUT2D eigenvalue weighted by Gasteiger charge is -2.12. The average molecular weight is 419 g/mol. The maximum Gasteiger partial charge on any atom is 0.291 e. The monoisotopic (exact) mass is 418 g/mol. The molecule has 0 atom stereocenters. The molecule has 10 heteroatoms. The Morgan fingerprint density at radius 2 is 2.04 bits per heavy atom.